The molecule has 1 atom stereocenters. The van der Waals surface area contributed by atoms with Gasteiger partial charge < -0.3 is 10.1 Å². The van der Waals surface area contributed by atoms with Crippen molar-refractivity contribution in [1.29, 1.82) is 0 Å². The van der Waals surface area contributed by atoms with E-state index in [1.807, 2.05) is 30.3 Å². The third-order valence-electron chi connectivity index (χ3n) is 5.32. The fraction of sp³-hybridized carbons (Fsp3) is 0.240. The minimum absolute atomic E-state index is 0.0363. The second-order valence-corrected chi connectivity index (χ2v) is 10.1. The molecule has 6 nitrogen and oxygen atoms in total. The Kier molecular flexibility index (Phi) is 8.66. The van der Waals surface area contributed by atoms with Gasteiger partial charge in [0.15, 0.2) is 0 Å². The van der Waals surface area contributed by atoms with Crippen molar-refractivity contribution in [2.75, 3.05) is 20.2 Å². The van der Waals surface area contributed by atoms with Gasteiger partial charge in [-0.25, -0.2) is 12.8 Å². The normalized spacial score (nSPS) is 12.4. The molecule has 3 aromatic rings. The van der Waals surface area contributed by atoms with Gasteiger partial charge in [0.2, 0.25) is 15.9 Å². The SMILES string of the molecule is COc1ccc(S(=O)(=O)N(CCc2ccccc2)CC(=O)N[C@H](C)c2ccc(F)cc2)cc1Cl. The first-order chi connectivity index (χ1) is 16.2. The van der Waals surface area contributed by atoms with Crippen LogP contribution in [0.25, 0.3) is 0 Å². The molecule has 1 amide bonds. The van der Waals surface area contributed by atoms with E-state index in [0.717, 1.165) is 9.87 Å². The average Bonchev–Trinajstić information content (AvgIpc) is 2.82. The van der Waals surface area contributed by atoms with Gasteiger partial charge in [-0.1, -0.05) is 54.1 Å². The Morgan fingerprint density at radius 1 is 1.09 bits per heavy atom. The number of carbonyl (C=O) groups is 1. The molecular weight excluding hydrogens is 479 g/mol. The summed E-state index contributed by atoms with van der Waals surface area (Å²) in [4.78, 5) is 12.8. The standard InChI is InChI=1S/C25H26ClFN2O4S/c1-18(20-8-10-21(27)11-9-20)28-25(30)17-29(15-14-19-6-4-3-5-7-19)34(31,32)22-12-13-24(33-2)23(26)16-22/h3-13,16,18H,14-15,17H2,1-2H3,(H,28,30)/t18-/m1/s1. The van der Waals surface area contributed by atoms with E-state index in [1.165, 1.54) is 37.4 Å². The lowest BCUT2D eigenvalue weighted by atomic mass is 10.1. The van der Waals surface area contributed by atoms with Crippen LogP contribution in [0, 0.1) is 5.82 Å². The Balaban J connectivity index is 1.81. The van der Waals surface area contributed by atoms with Gasteiger partial charge in [-0.3, -0.25) is 4.79 Å². The van der Waals surface area contributed by atoms with Crippen molar-refractivity contribution >= 4 is 27.5 Å². The molecule has 3 rings (SSSR count). The molecule has 34 heavy (non-hydrogen) atoms. The molecule has 3 aromatic carbocycles. The van der Waals surface area contributed by atoms with E-state index in [0.29, 0.717) is 17.7 Å². The summed E-state index contributed by atoms with van der Waals surface area (Å²) in [6.07, 6.45) is 0.421. The molecule has 9 heteroatoms. The van der Waals surface area contributed by atoms with Gasteiger partial charge >= 0.3 is 0 Å². The highest BCUT2D eigenvalue weighted by Crippen LogP contribution is 2.28. The van der Waals surface area contributed by atoms with Gasteiger partial charge in [-0.2, -0.15) is 4.31 Å². The summed E-state index contributed by atoms with van der Waals surface area (Å²) >= 11 is 6.15. The third-order valence-corrected chi connectivity index (χ3v) is 7.46. The van der Waals surface area contributed by atoms with Gasteiger partial charge in [-0.15, -0.1) is 0 Å². The molecule has 0 saturated heterocycles. The zero-order chi connectivity index (χ0) is 24.7. The third kappa shape index (κ3) is 6.56. The number of ether oxygens (including phenoxy) is 1. The summed E-state index contributed by atoms with van der Waals surface area (Å²) in [7, 11) is -2.60. The highest BCUT2D eigenvalue weighted by Gasteiger charge is 2.28. The van der Waals surface area contributed by atoms with Crippen LogP contribution in [0.1, 0.15) is 24.1 Å². The van der Waals surface area contributed by atoms with Crippen LogP contribution in [-0.2, 0) is 21.2 Å². The molecule has 1 N–H and O–H groups in total. The Bertz CT molecular complexity index is 1220. The van der Waals surface area contributed by atoms with E-state index >= 15 is 0 Å². The van der Waals surface area contributed by atoms with Crippen molar-refractivity contribution in [3.8, 4) is 5.75 Å². The second kappa shape index (κ2) is 11.5. The number of carbonyl (C=O) groups excluding carboxylic acids is 1. The highest BCUT2D eigenvalue weighted by molar-refractivity contribution is 7.89. The van der Waals surface area contributed by atoms with Crippen LogP contribution < -0.4 is 10.1 Å². The fourth-order valence-corrected chi connectivity index (χ4v) is 5.17. The minimum Gasteiger partial charge on any atom is -0.495 e. The Morgan fingerprint density at radius 3 is 2.38 bits per heavy atom. The molecule has 0 radical (unpaired) electrons. The first-order valence-electron chi connectivity index (χ1n) is 10.6. The molecule has 0 saturated carbocycles. The summed E-state index contributed by atoms with van der Waals surface area (Å²) < 4.78 is 46.3. The van der Waals surface area contributed by atoms with Crippen LogP contribution in [0.4, 0.5) is 4.39 Å². The Morgan fingerprint density at radius 2 is 1.76 bits per heavy atom. The van der Waals surface area contributed by atoms with Crippen LogP contribution in [0.5, 0.6) is 5.75 Å². The summed E-state index contributed by atoms with van der Waals surface area (Å²) in [5.41, 5.74) is 1.64. The smallest absolute Gasteiger partial charge is 0.243 e. The van der Waals surface area contributed by atoms with Crippen molar-refractivity contribution in [3.05, 3.63) is 94.8 Å². The number of hydrogen-bond acceptors (Lipinski definition) is 4. The van der Waals surface area contributed by atoms with E-state index in [1.54, 1.807) is 19.1 Å². The molecule has 0 fully saturated rings. The highest BCUT2D eigenvalue weighted by atomic mass is 35.5. The molecule has 180 valence electrons. The van der Waals surface area contributed by atoms with Gasteiger partial charge in [0.25, 0.3) is 0 Å². The number of amides is 1. The molecule has 0 heterocycles. The summed E-state index contributed by atoms with van der Waals surface area (Å²) in [6, 6.07) is 18.9. The van der Waals surface area contributed by atoms with E-state index in [4.69, 9.17) is 16.3 Å². The Labute approximate surface area is 204 Å². The van der Waals surface area contributed by atoms with Crippen LogP contribution in [-0.4, -0.2) is 38.8 Å². The van der Waals surface area contributed by atoms with Crippen LogP contribution in [0.3, 0.4) is 0 Å². The maximum atomic E-state index is 13.4. The van der Waals surface area contributed by atoms with Crippen LogP contribution in [0.15, 0.2) is 77.7 Å². The molecule has 0 unspecified atom stereocenters. The zero-order valence-electron chi connectivity index (χ0n) is 18.9. The van der Waals surface area contributed by atoms with Crippen molar-refractivity contribution in [2.24, 2.45) is 0 Å². The number of hydrogen-bond donors (Lipinski definition) is 1. The molecule has 0 aliphatic carbocycles. The molecule has 0 aliphatic rings. The van der Waals surface area contributed by atoms with Crippen LogP contribution in [0.2, 0.25) is 5.02 Å². The molecular formula is C25H26ClFN2O4S. The van der Waals surface area contributed by atoms with Crippen molar-refractivity contribution in [1.82, 2.24) is 9.62 Å². The number of nitrogens with zero attached hydrogens (tertiary/aromatic N) is 1. The van der Waals surface area contributed by atoms with Gasteiger partial charge in [-0.05, 0) is 54.8 Å². The van der Waals surface area contributed by atoms with Crippen molar-refractivity contribution in [3.63, 3.8) is 0 Å². The first-order valence-corrected chi connectivity index (χ1v) is 12.4. The zero-order valence-corrected chi connectivity index (χ0v) is 20.4. The quantitative estimate of drug-likeness (QED) is 0.438. The maximum absolute atomic E-state index is 13.4. The predicted octanol–water partition coefficient (Wildman–Crippen LogP) is 4.60. The minimum atomic E-state index is -4.04. The maximum Gasteiger partial charge on any atom is 0.243 e. The number of rotatable bonds is 10. The lowest BCUT2D eigenvalue weighted by molar-refractivity contribution is -0.121. The van der Waals surface area contributed by atoms with Gasteiger partial charge in [0.1, 0.15) is 11.6 Å². The summed E-state index contributed by atoms with van der Waals surface area (Å²) in [5, 5.41) is 2.94. The summed E-state index contributed by atoms with van der Waals surface area (Å²) in [5.74, 6) is -0.506. The van der Waals surface area contributed by atoms with E-state index < -0.39 is 22.0 Å². The largest absolute Gasteiger partial charge is 0.495 e. The van der Waals surface area contributed by atoms with E-state index in [2.05, 4.69) is 5.32 Å². The van der Waals surface area contributed by atoms with Crippen molar-refractivity contribution < 1.29 is 22.3 Å². The first kappa shape index (κ1) is 25.7. The number of nitrogens with one attached hydrogen (secondary N) is 1. The van der Waals surface area contributed by atoms with Crippen LogP contribution >= 0.6 is 11.6 Å². The number of halogens is 2. The van der Waals surface area contributed by atoms with Crippen molar-refractivity contribution in [2.45, 2.75) is 24.3 Å². The lowest BCUT2D eigenvalue weighted by Crippen LogP contribution is -2.42. The lowest BCUT2D eigenvalue weighted by Gasteiger charge is -2.23. The fourth-order valence-electron chi connectivity index (χ4n) is 3.42. The topological polar surface area (TPSA) is 75.7 Å². The monoisotopic (exact) mass is 504 g/mol. The van der Waals surface area contributed by atoms with E-state index in [-0.39, 0.29) is 28.8 Å². The molecule has 0 bridgehead atoms. The van der Waals surface area contributed by atoms with Gasteiger partial charge in [0, 0.05) is 6.54 Å². The molecule has 0 aliphatic heterocycles. The number of benzene rings is 3. The van der Waals surface area contributed by atoms with Gasteiger partial charge in [0.05, 0.1) is 29.6 Å². The summed E-state index contributed by atoms with van der Waals surface area (Å²) in [6.45, 7) is 1.45. The average molecular weight is 505 g/mol. The van der Waals surface area contributed by atoms with E-state index in [9.17, 15) is 17.6 Å². The molecule has 0 aromatic heterocycles. The second-order valence-electron chi connectivity index (χ2n) is 7.71. The predicted molar refractivity (Wildman–Crippen MR) is 130 cm³/mol. The molecule has 0 spiro atoms. The number of methoxy groups -OCH3 is 1. The number of sulfonamides is 1. The Hall–Kier alpha value is -2.94.